The highest BCUT2D eigenvalue weighted by molar-refractivity contribution is 6.39. The number of phenolic OH excluding ortho intramolecular Hbond substituents is 1. The molecule has 2 unspecified atom stereocenters. The van der Waals surface area contributed by atoms with Crippen LogP contribution in [-0.2, 0) is 4.74 Å². The molecule has 2 N–H and O–H groups in total. The fourth-order valence-electron chi connectivity index (χ4n) is 9.38. The number of rotatable bonds is 7. The van der Waals surface area contributed by atoms with Gasteiger partial charge in [-0.05, 0) is 73.4 Å². The van der Waals surface area contributed by atoms with Gasteiger partial charge in [0.05, 0.1) is 35.9 Å². The minimum atomic E-state index is -0.502. The molecule has 4 aliphatic heterocycles. The van der Waals surface area contributed by atoms with Crippen LogP contribution in [0.2, 0.25) is 5.02 Å². The number of terminal acetylenes is 1. The predicted molar refractivity (Wildman–Crippen MR) is 195 cm³/mol. The maximum absolute atomic E-state index is 15.1. The highest BCUT2D eigenvalue weighted by Crippen LogP contribution is 2.54. The van der Waals surface area contributed by atoms with E-state index in [9.17, 15) is 5.11 Å². The summed E-state index contributed by atoms with van der Waals surface area (Å²) >= 11 is 7.39. The number of likely N-dealkylation sites (tertiary alicyclic amines) is 1. The van der Waals surface area contributed by atoms with Crippen molar-refractivity contribution < 1.29 is 19.0 Å². The molecular formula is C40H43ClFN5O3. The second-order valence-electron chi connectivity index (χ2n) is 16.4. The molecule has 10 heteroatoms. The third-order valence-electron chi connectivity index (χ3n) is 12.5. The van der Waals surface area contributed by atoms with E-state index < -0.39 is 5.82 Å². The lowest BCUT2D eigenvalue weighted by atomic mass is 9.71. The van der Waals surface area contributed by atoms with Crippen LogP contribution >= 0.6 is 11.6 Å². The number of hydrogen-bond donors (Lipinski definition) is 2. The molecular weight excluding hydrogens is 653 g/mol. The van der Waals surface area contributed by atoms with Crippen LogP contribution in [0.3, 0.4) is 0 Å². The minimum absolute atomic E-state index is 0.0354. The van der Waals surface area contributed by atoms with E-state index in [1.807, 2.05) is 6.92 Å². The predicted octanol–water partition coefficient (Wildman–Crippen LogP) is 6.70. The van der Waals surface area contributed by atoms with E-state index in [1.54, 1.807) is 18.2 Å². The molecule has 0 amide bonds. The summed E-state index contributed by atoms with van der Waals surface area (Å²) < 4.78 is 27.5. The summed E-state index contributed by atoms with van der Waals surface area (Å²) in [5.41, 5.74) is 3.17. The van der Waals surface area contributed by atoms with Crippen molar-refractivity contribution in [3.05, 3.63) is 52.3 Å². The molecule has 5 heterocycles. The Bertz CT molecular complexity index is 2090. The van der Waals surface area contributed by atoms with E-state index >= 15 is 4.39 Å². The average Bonchev–Trinajstić information content (AvgIpc) is 3.58. The van der Waals surface area contributed by atoms with Gasteiger partial charge in [-0.2, -0.15) is 9.97 Å². The van der Waals surface area contributed by atoms with Crippen LogP contribution in [0.4, 0.5) is 10.2 Å². The fourth-order valence-corrected chi connectivity index (χ4v) is 9.78. The van der Waals surface area contributed by atoms with E-state index in [-0.39, 0.29) is 27.6 Å². The number of phenols is 1. The van der Waals surface area contributed by atoms with E-state index in [4.69, 9.17) is 37.5 Å². The lowest BCUT2D eigenvalue weighted by molar-refractivity contribution is 0.112. The van der Waals surface area contributed by atoms with Gasteiger partial charge >= 0.3 is 6.01 Å². The number of benzene rings is 3. The Morgan fingerprint density at radius 2 is 1.82 bits per heavy atom. The quantitative estimate of drug-likeness (QED) is 0.207. The van der Waals surface area contributed by atoms with Crippen molar-refractivity contribution in [1.82, 2.24) is 20.2 Å². The van der Waals surface area contributed by atoms with Gasteiger partial charge in [-0.1, -0.05) is 37.4 Å². The van der Waals surface area contributed by atoms with Gasteiger partial charge in [0.1, 0.15) is 17.4 Å². The van der Waals surface area contributed by atoms with Gasteiger partial charge in [0.2, 0.25) is 0 Å². The molecule has 5 fully saturated rings. The van der Waals surface area contributed by atoms with Crippen molar-refractivity contribution >= 4 is 39.1 Å². The highest BCUT2D eigenvalue weighted by atomic mass is 35.5. The number of piperazine rings is 1. The normalized spacial score (nSPS) is 28.4. The third kappa shape index (κ3) is 5.13. The molecule has 5 aliphatic rings. The van der Waals surface area contributed by atoms with Gasteiger partial charge in [-0.25, -0.2) is 4.39 Å². The molecule has 50 heavy (non-hydrogen) atoms. The summed E-state index contributed by atoms with van der Waals surface area (Å²) in [5.74, 6) is 2.88. The Hall–Kier alpha value is -3.68. The molecule has 260 valence electrons. The summed E-state index contributed by atoms with van der Waals surface area (Å²) in [6, 6.07) is 9.32. The fraction of sp³-hybridized carbons (Fsp3) is 0.500. The van der Waals surface area contributed by atoms with Crippen LogP contribution in [0.25, 0.3) is 32.8 Å². The molecule has 9 rings (SSSR count). The molecule has 1 saturated carbocycles. The van der Waals surface area contributed by atoms with Crippen LogP contribution in [-0.4, -0.2) is 84.6 Å². The number of halogens is 2. The Kier molecular flexibility index (Phi) is 7.36. The first kappa shape index (κ1) is 32.2. The zero-order valence-electron chi connectivity index (χ0n) is 28.9. The van der Waals surface area contributed by atoms with Crippen LogP contribution < -0.4 is 15.0 Å². The molecule has 8 nitrogen and oxygen atoms in total. The number of nitrogens with zero attached hydrogens (tertiary/aromatic N) is 4. The van der Waals surface area contributed by atoms with Gasteiger partial charge in [0.25, 0.3) is 0 Å². The second kappa shape index (κ2) is 11.4. The maximum atomic E-state index is 15.1. The first-order valence-electron chi connectivity index (χ1n) is 17.8. The van der Waals surface area contributed by atoms with Crippen molar-refractivity contribution in [3.8, 4) is 35.2 Å². The molecule has 0 spiro atoms. The van der Waals surface area contributed by atoms with Crippen molar-refractivity contribution in [2.75, 3.05) is 57.4 Å². The summed E-state index contributed by atoms with van der Waals surface area (Å²) in [6.45, 7) is 13.6. The van der Waals surface area contributed by atoms with Gasteiger partial charge in [-0.15, -0.1) is 6.42 Å². The first-order valence-corrected chi connectivity index (χ1v) is 18.2. The van der Waals surface area contributed by atoms with Gasteiger partial charge in [0, 0.05) is 77.4 Å². The molecule has 2 bridgehead atoms. The van der Waals surface area contributed by atoms with Crippen LogP contribution in [0.5, 0.6) is 11.8 Å². The minimum Gasteiger partial charge on any atom is -0.508 e. The number of aromatic hydroxyl groups is 1. The van der Waals surface area contributed by atoms with Crippen molar-refractivity contribution in [2.24, 2.45) is 16.2 Å². The average molecular weight is 696 g/mol. The number of anilines is 1. The number of fused-ring (bicyclic) bond motifs is 5. The Labute approximate surface area is 297 Å². The standard InChI is InChI=1S/C40H43ClFN5O3/c1-5-28-31(42)9-6-24-13-27(48)14-29(33(24)28)32-23(2)12-30-35(34(32)41)44-37(45-36(30)47-15-25-7-8-26(16-47)43-25)50-22-40(10-11-40)19-46-17-38(3)20-49-21-39(38,4)18-46/h1,6,9,12-14,25-26,43,48H,7-8,10-11,15-22H2,2-4H3/t25?,26?,38-,39-/m0/s1. The van der Waals surface area contributed by atoms with Crippen LogP contribution in [0.15, 0.2) is 30.3 Å². The first-order chi connectivity index (χ1) is 24.0. The lowest BCUT2D eigenvalue weighted by Gasteiger charge is -2.34. The topological polar surface area (TPSA) is 83.0 Å². The number of hydrogen-bond acceptors (Lipinski definition) is 8. The molecule has 1 aliphatic carbocycles. The summed E-state index contributed by atoms with van der Waals surface area (Å²) in [7, 11) is 0. The smallest absolute Gasteiger partial charge is 0.319 e. The SMILES string of the molecule is C#Cc1c(F)ccc2cc(O)cc(-c3c(C)cc4c(N5CC6CCC(C5)N6)nc(OCC5(CN6C[C@@]7(C)COC[C@]7(C)C6)CC5)nc4c3Cl)c12. The molecule has 4 aromatic rings. The Balaban J connectivity index is 1.12. The summed E-state index contributed by atoms with van der Waals surface area (Å²) in [5, 5.41) is 16.9. The largest absolute Gasteiger partial charge is 0.508 e. The Morgan fingerprint density at radius 1 is 1.10 bits per heavy atom. The number of nitrogens with one attached hydrogen (secondary N) is 1. The molecule has 0 radical (unpaired) electrons. The molecule has 1 aromatic heterocycles. The second-order valence-corrected chi connectivity index (χ2v) is 16.7. The molecule has 4 atom stereocenters. The van der Waals surface area contributed by atoms with Gasteiger partial charge in [-0.3, -0.25) is 0 Å². The van der Waals surface area contributed by atoms with Gasteiger partial charge in [0.15, 0.2) is 0 Å². The monoisotopic (exact) mass is 695 g/mol. The van der Waals surface area contributed by atoms with E-state index in [0.717, 1.165) is 88.4 Å². The van der Waals surface area contributed by atoms with Crippen molar-refractivity contribution in [3.63, 3.8) is 0 Å². The van der Waals surface area contributed by atoms with E-state index in [2.05, 4.69) is 41.0 Å². The van der Waals surface area contributed by atoms with E-state index in [1.165, 1.54) is 6.07 Å². The van der Waals surface area contributed by atoms with Crippen molar-refractivity contribution in [1.29, 1.82) is 0 Å². The summed E-state index contributed by atoms with van der Waals surface area (Å²) in [4.78, 5) is 15.0. The molecule has 4 saturated heterocycles. The van der Waals surface area contributed by atoms with Crippen molar-refractivity contribution in [2.45, 2.75) is 58.5 Å². The lowest BCUT2D eigenvalue weighted by Crippen LogP contribution is -2.51. The zero-order valence-corrected chi connectivity index (χ0v) is 29.7. The number of ether oxygens (including phenoxy) is 2. The molecule has 3 aromatic carbocycles. The van der Waals surface area contributed by atoms with Crippen LogP contribution in [0.1, 0.15) is 50.7 Å². The highest BCUT2D eigenvalue weighted by Gasteiger charge is 2.57. The van der Waals surface area contributed by atoms with E-state index in [0.29, 0.717) is 57.1 Å². The van der Waals surface area contributed by atoms with Crippen LogP contribution in [0, 0.1) is 41.3 Å². The number of aryl methyl sites for hydroxylation is 1. The number of aromatic nitrogens is 2. The Morgan fingerprint density at radius 3 is 2.50 bits per heavy atom. The summed E-state index contributed by atoms with van der Waals surface area (Å²) in [6.07, 6.45) is 10.3. The maximum Gasteiger partial charge on any atom is 0.319 e. The zero-order chi connectivity index (χ0) is 34.6. The van der Waals surface area contributed by atoms with Gasteiger partial charge < -0.3 is 29.7 Å². The third-order valence-corrected chi connectivity index (χ3v) is 12.9.